The van der Waals surface area contributed by atoms with Crippen LogP contribution in [0, 0.1) is 6.92 Å². The Hall–Kier alpha value is -2.45. The summed E-state index contributed by atoms with van der Waals surface area (Å²) in [5.74, 6) is -1.26. The SMILES string of the molecule is Cc1ccc(O)c(C(=O)N2CCN(Cc3ccc(C(=O)O)s3)CC2)n1. The first-order chi connectivity index (χ1) is 11.9. The predicted molar refractivity (Wildman–Crippen MR) is 93.1 cm³/mol. The number of aromatic nitrogens is 1. The van der Waals surface area contributed by atoms with Gasteiger partial charge in [0.15, 0.2) is 5.69 Å². The Kier molecular flexibility index (Phi) is 5.00. The van der Waals surface area contributed by atoms with E-state index in [1.807, 2.05) is 6.07 Å². The van der Waals surface area contributed by atoms with Gasteiger partial charge in [-0.2, -0.15) is 0 Å². The summed E-state index contributed by atoms with van der Waals surface area (Å²) in [4.78, 5) is 32.8. The first-order valence-electron chi connectivity index (χ1n) is 7.94. The third kappa shape index (κ3) is 3.97. The first-order valence-corrected chi connectivity index (χ1v) is 8.76. The number of rotatable bonds is 4. The molecule has 8 heteroatoms. The van der Waals surface area contributed by atoms with E-state index in [9.17, 15) is 14.7 Å². The van der Waals surface area contributed by atoms with E-state index in [0.717, 1.165) is 4.88 Å². The Balaban J connectivity index is 1.58. The van der Waals surface area contributed by atoms with Crippen LogP contribution in [0.1, 0.15) is 30.7 Å². The molecule has 132 valence electrons. The van der Waals surface area contributed by atoms with Gasteiger partial charge in [0.1, 0.15) is 10.6 Å². The zero-order valence-corrected chi connectivity index (χ0v) is 14.6. The molecule has 25 heavy (non-hydrogen) atoms. The topological polar surface area (TPSA) is 94.0 Å². The molecular formula is C17H19N3O4S. The Morgan fingerprint density at radius 3 is 2.52 bits per heavy atom. The van der Waals surface area contributed by atoms with Crippen molar-refractivity contribution < 1.29 is 19.8 Å². The van der Waals surface area contributed by atoms with Crippen LogP contribution in [0.2, 0.25) is 0 Å². The lowest BCUT2D eigenvalue weighted by molar-refractivity contribution is 0.0619. The molecule has 0 aromatic carbocycles. The molecule has 1 fully saturated rings. The van der Waals surface area contributed by atoms with Crippen LogP contribution in [0.5, 0.6) is 5.75 Å². The molecule has 0 bridgehead atoms. The van der Waals surface area contributed by atoms with Crippen LogP contribution in [0.3, 0.4) is 0 Å². The van der Waals surface area contributed by atoms with E-state index in [2.05, 4.69) is 9.88 Å². The second-order valence-electron chi connectivity index (χ2n) is 5.96. The number of amides is 1. The summed E-state index contributed by atoms with van der Waals surface area (Å²) in [6, 6.07) is 6.60. The summed E-state index contributed by atoms with van der Waals surface area (Å²) in [7, 11) is 0. The largest absolute Gasteiger partial charge is 0.505 e. The van der Waals surface area contributed by atoms with Crippen LogP contribution in [0.15, 0.2) is 24.3 Å². The number of hydrogen-bond acceptors (Lipinski definition) is 6. The average Bonchev–Trinajstić information content (AvgIpc) is 3.06. The average molecular weight is 361 g/mol. The number of pyridine rings is 1. The van der Waals surface area contributed by atoms with Gasteiger partial charge >= 0.3 is 5.97 Å². The van der Waals surface area contributed by atoms with Gasteiger partial charge in [0.05, 0.1) is 0 Å². The molecule has 0 spiro atoms. The highest BCUT2D eigenvalue weighted by molar-refractivity contribution is 7.13. The molecule has 0 unspecified atom stereocenters. The third-order valence-corrected chi connectivity index (χ3v) is 5.19. The van der Waals surface area contributed by atoms with Crippen molar-refractivity contribution in [2.75, 3.05) is 26.2 Å². The maximum absolute atomic E-state index is 12.5. The molecule has 3 heterocycles. The molecule has 1 amide bonds. The minimum Gasteiger partial charge on any atom is -0.505 e. The quantitative estimate of drug-likeness (QED) is 0.863. The van der Waals surface area contributed by atoms with Crippen LogP contribution in [-0.4, -0.2) is 63.1 Å². The Morgan fingerprint density at radius 2 is 1.88 bits per heavy atom. The number of carbonyl (C=O) groups excluding carboxylic acids is 1. The molecule has 2 aromatic heterocycles. The minimum absolute atomic E-state index is 0.0952. The van der Waals surface area contributed by atoms with Gasteiger partial charge in [-0.25, -0.2) is 9.78 Å². The lowest BCUT2D eigenvalue weighted by atomic mass is 10.2. The molecule has 0 atom stereocenters. The van der Waals surface area contributed by atoms with Gasteiger partial charge in [0, 0.05) is 43.3 Å². The summed E-state index contributed by atoms with van der Waals surface area (Å²) in [6.45, 7) is 4.93. The molecule has 0 aliphatic carbocycles. The zero-order chi connectivity index (χ0) is 18.0. The monoisotopic (exact) mass is 361 g/mol. The molecule has 7 nitrogen and oxygen atoms in total. The first kappa shape index (κ1) is 17.4. The van der Waals surface area contributed by atoms with Gasteiger partial charge in [-0.15, -0.1) is 11.3 Å². The number of carboxylic acids is 1. The van der Waals surface area contributed by atoms with Crippen LogP contribution in [-0.2, 0) is 6.54 Å². The Bertz CT molecular complexity index is 797. The number of aromatic carboxylic acids is 1. The van der Waals surface area contributed by atoms with Crippen molar-refractivity contribution in [3.63, 3.8) is 0 Å². The van der Waals surface area contributed by atoms with Gasteiger partial charge in [0.2, 0.25) is 0 Å². The number of hydrogen-bond donors (Lipinski definition) is 2. The molecule has 0 radical (unpaired) electrons. The predicted octanol–water partition coefficient (Wildman–Crippen LogP) is 1.81. The normalized spacial score (nSPS) is 15.3. The van der Waals surface area contributed by atoms with E-state index in [4.69, 9.17) is 5.11 Å². The van der Waals surface area contributed by atoms with Gasteiger partial charge in [-0.05, 0) is 31.2 Å². The number of carboxylic acid groups (broad SMARTS) is 1. The van der Waals surface area contributed by atoms with Crippen LogP contribution < -0.4 is 0 Å². The van der Waals surface area contributed by atoms with E-state index in [1.54, 1.807) is 24.0 Å². The van der Waals surface area contributed by atoms with Crippen molar-refractivity contribution in [1.29, 1.82) is 0 Å². The van der Waals surface area contributed by atoms with E-state index in [-0.39, 0.29) is 17.4 Å². The minimum atomic E-state index is -0.905. The maximum atomic E-state index is 12.5. The summed E-state index contributed by atoms with van der Waals surface area (Å²) < 4.78 is 0. The zero-order valence-electron chi connectivity index (χ0n) is 13.8. The lowest BCUT2D eigenvalue weighted by Gasteiger charge is -2.34. The highest BCUT2D eigenvalue weighted by atomic mass is 32.1. The van der Waals surface area contributed by atoms with Crippen LogP contribution in [0.4, 0.5) is 0 Å². The van der Waals surface area contributed by atoms with Gasteiger partial charge < -0.3 is 15.1 Å². The molecule has 2 aromatic rings. The van der Waals surface area contributed by atoms with Crippen molar-refractivity contribution in [2.45, 2.75) is 13.5 Å². The number of thiophene rings is 1. The van der Waals surface area contributed by atoms with Crippen LogP contribution >= 0.6 is 11.3 Å². The maximum Gasteiger partial charge on any atom is 0.345 e. The van der Waals surface area contributed by atoms with Crippen molar-refractivity contribution in [1.82, 2.24) is 14.8 Å². The molecule has 0 saturated carbocycles. The van der Waals surface area contributed by atoms with Crippen molar-refractivity contribution in [3.05, 3.63) is 45.4 Å². The van der Waals surface area contributed by atoms with E-state index < -0.39 is 5.97 Å². The van der Waals surface area contributed by atoms with Gasteiger partial charge in [-0.3, -0.25) is 9.69 Å². The Labute approximate surface area is 149 Å². The summed E-state index contributed by atoms with van der Waals surface area (Å²) >= 11 is 1.28. The molecule has 1 aliphatic heterocycles. The van der Waals surface area contributed by atoms with Gasteiger partial charge in [-0.1, -0.05) is 0 Å². The fraction of sp³-hybridized carbons (Fsp3) is 0.353. The molecule has 1 aliphatic rings. The molecule has 3 rings (SSSR count). The third-order valence-electron chi connectivity index (χ3n) is 4.13. The second kappa shape index (κ2) is 7.20. The molecular weight excluding hydrogens is 342 g/mol. The smallest absolute Gasteiger partial charge is 0.345 e. The van der Waals surface area contributed by atoms with Crippen molar-refractivity contribution >= 4 is 23.2 Å². The number of carbonyl (C=O) groups is 2. The number of nitrogens with zero attached hydrogens (tertiary/aromatic N) is 3. The lowest BCUT2D eigenvalue weighted by Crippen LogP contribution is -2.48. The highest BCUT2D eigenvalue weighted by Crippen LogP contribution is 2.21. The van der Waals surface area contributed by atoms with Crippen LogP contribution in [0.25, 0.3) is 0 Å². The fourth-order valence-corrected chi connectivity index (χ4v) is 3.65. The fourth-order valence-electron chi connectivity index (χ4n) is 2.76. The van der Waals surface area contributed by atoms with Gasteiger partial charge in [0.25, 0.3) is 5.91 Å². The summed E-state index contributed by atoms with van der Waals surface area (Å²) in [5.41, 5.74) is 0.782. The standard InChI is InChI=1S/C17H19N3O4S/c1-11-2-4-13(21)15(18-11)16(22)20-8-6-19(7-9-20)10-12-3-5-14(25-12)17(23)24/h2-5,21H,6-10H2,1H3,(H,23,24). The molecule has 1 saturated heterocycles. The summed E-state index contributed by atoms with van der Waals surface area (Å²) in [6.07, 6.45) is 0. The second-order valence-corrected chi connectivity index (χ2v) is 7.13. The Morgan fingerprint density at radius 1 is 1.16 bits per heavy atom. The van der Waals surface area contributed by atoms with E-state index in [1.165, 1.54) is 17.4 Å². The highest BCUT2D eigenvalue weighted by Gasteiger charge is 2.25. The van der Waals surface area contributed by atoms with Crippen molar-refractivity contribution in [3.8, 4) is 5.75 Å². The summed E-state index contributed by atoms with van der Waals surface area (Å²) in [5, 5.41) is 18.8. The number of aromatic hydroxyl groups is 1. The molecule has 2 N–H and O–H groups in total. The van der Waals surface area contributed by atoms with E-state index in [0.29, 0.717) is 43.3 Å². The number of piperazine rings is 1. The van der Waals surface area contributed by atoms with Crippen molar-refractivity contribution in [2.24, 2.45) is 0 Å². The number of aryl methyl sites for hydroxylation is 1. The van der Waals surface area contributed by atoms with E-state index >= 15 is 0 Å².